The number of nitrogens with one attached hydrogen (secondary N) is 1. The molecule has 0 spiro atoms. The van der Waals surface area contributed by atoms with Gasteiger partial charge < -0.3 is 5.32 Å². The van der Waals surface area contributed by atoms with Crippen LogP contribution in [0.4, 0.5) is 0 Å². The lowest BCUT2D eigenvalue weighted by atomic mass is 9.87. The largest absolute Gasteiger partial charge is 0.314 e. The predicted octanol–water partition coefficient (Wildman–Crippen LogP) is 3.37. The fourth-order valence-electron chi connectivity index (χ4n) is 1.53. The Hall–Kier alpha value is -0.300. The van der Waals surface area contributed by atoms with Crippen LogP contribution in [0.25, 0.3) is 0 Å². The summed E-state index contributed by atoms with van der Waals surface area (Å²) in [4.78, 5) is 0. The van der Waals surface area contributed by atoms with Gasteiger partial charge in [-0.05, 0) is 31.2 Å². The van der Waals surface area contributed by atoms with Crippen molar-refractivity contribution in [3.8, 4) is 0 Å². The van der Waals surface area contributed by atoms with Crippen LogP contribution in [0.1, 0.15) is 47.0 Å². The zero-order chi connectivity index (χ0) is 10.3. The van der Waals surface area contributed by atoms with Crippen molar-refractivity contribution in [1.82, 2.24) is 5.32 Å². The van der Waals surface area contributed by atoms with Gasteiger partial charge in [-0.3, -0.25) is 0 Å². The van der Waals surface area contributed by atoms with Crippen LogP contribution >= 0.6 is 0 Å². The summed E-state index contributed by atoms with van der Waals surface area (Å²) in [5, 5.41) is 3.56. The van der Waals surface area contributed by atoms with Crippen LogP contribution in [-0.4, -0.2) is 12.6 Å². The Labute approximate surface area is 83.6 Å². The van der Waals surface area contributed by atoms with E-state index in [4.69, 9.17) is 0 Å². The molecule has 1 heteroatoms. The third-order valence-electron chi connectivity index (χ3n) is 1.99. The molecule has 0 rings (SSSR count). The van der Waals surface area contributed by atoms with Crippen LogP contribution in [0.5, 0.6) is 0 Å². The van der Waals surface area contributed by atoms with Gasteiger partial charge in [0.1, 0.15) is 0 Å². The first-order valence-electron chi connectivity index (χ1n) is 5.34. The molecule has 0 aliphatic rings. The van der Waals surface area contributed by atoms with Gasteiger partial charge >= 0.3 is 0 Å². The van der Waals surface area contributed by atoms with Crippen molar-refractivity contribution in [3.05, 3.63) is 12.7 Å². The Kier molecular flexibility index (Phi) is 6.06. The molecule has 0 amide bonds. The Morgan fingerprint density at radius 3 is 2.38 bits per heavy atom. The molecule has 78 valence electrons. The summed E-state index contributed by atoms with van der Waals surface area (Å²) < 4.78 is 0. The van der Waals surface area contributed by atoms with Gasteiger partial charge in [-0.2, -0.15) is 0 Å². The van der Waals surface area contributed by atoms with Gasteiger partial charge in [0.25, 0.3) is 0 Å². The van der Waals surface area contributed by atoms with E-state index in [1.165, 1.54) is 12.8 Å². The zero-order valence-electron chi connectivity index (χ0n) is 9.69. The lowest BCUT2D eigenvalue weighted by Gasteiger charge is -2.26. The summed E-state index contributed by atoms with van der Waals surface area (Å²) in [6, 6.07) is 0.609. The van der Waals surface area contributed by atoms with Crippen LogP contribution < -0.4 is 5.32 Å². The second-order valence-electron chi connectivity index (χ2n) is 4.94. The Bertz CT molecular complexity index is 133. The minimum Gasteiger partial charge on any atom is -0.314 e. The highest BCUT2D eigenvalue weighted by Gasteiger charge is 2.16. The average molecular weight is 183 g/mol. The van der Waals surface area contributed by atoms with E-state index >= 15 is 0 Å². The summed E-state index contributed by atoms with van der Waals surface area (Å²) in [7, 11) is 0. The van der Waals surface area contributed by atoms with Crippen LogP contribution in [0.3, 0.4) is 0 Å². The maximum Gasteiger partial charge on any atom is 0.0106 e. The zero-order valence-corrected chi connectivity index (χ0v) is 9.69. The summed E-state index contributed by atoms with van der Waals surface area (Å²) in [6.45, 7) is 14.0. The van der Waals surface area contributed by atoms with Crippen LogP contribution in [0.15, 0.2) is 12.7 Å². The lowest BCUT2D eigenvalue weighted by molar-refractivity contribution is 0.309. The number of rotatable bonds is 6. The minimum absolute atomic E-state index is 0.411. The highest BCUT2D eigenvalue weighted by molar-refractivity contribution is 4.81. The molecule has 0 aromatic heterocycles. The van der Waals surface area contributed by atoms with Crippen molar-refractivity contribution in [2.24, 2.45) is 5.41 Å². The Morgan fingerprint density at radius 1 is 1.38 bits per heavy atom. The van der Waals surface area contributed by atoms with Crippen molar-refractivity contribution in [2.45, 2.75) is 53.0 Å². The number of hydrogen-bond acceptors (Lipinski definition) is 1. The first-order chi connectivity index (χ1) is 5.99. The highest BCUT2D eigenvalue weighted by atomic mass is 14.9. The molecule has 1 N–H and O–H groups in total. The molecular weight excluding hydrogens is 158 g/mol. The van der Waals surface area contributed by atoms with Gasteiger partial charge in [0, 0.05) is 6.04 Å². The van der Waals surface area contributed by atoms with Crippen molar-refractivity contribution in [2.75, 3.05) is 6.54 Å². The maximum absolute atomic E-state index is 3.80. The van der Waals surface area contributed by atoms with E-state index in [0.717, 1.165) is 13.0 Å². The summed E-state index contributed by atoms with van der Waals surface area (Å²) in [6.07, 6.45) is 5.52. The van der Waals surface area contributed by atoms with Gasteiger partial charge in [0.05, 0.1) is 0 Å². The van der Waals surface area contributed by atoms with E-state index in [0.29, 0.717) is 11.5 Å². The quantitative estimate of drug-likeness (QED) is 0.623. The molecule has 0 radical (unpaired) electrons. The topological polar surface area (TPSA) is 12.0 Å². The van der Waals surface area contributed by atoms with Gasteiger partial charge in [-0.15, -0.1) is 6.58 Å². The first kappa shape index (κ1) is 12.7. The summed E-state index contributed by atoms with van der Waals surface area (Å²) >= 11 is 0. The highest BCUT2D eigenvalue weighted by Crippen LogP contribution is 2.22. The van der Waals surface area contributed by atoms with Gasteiger partial charge in [0.15, 0.2) is 0 Å². The SMILES string of the molecule is C=CCC(CC(C)(C)C)NCCC. The van der Waals surface area contributed by atoms with Gasteiger partial charge in [-0.1, -0.05) is 33.8 Å². The first-order valence-corrected chi connectivity index (χ1v) is 5.34. The van der Waals surface area contributed by atoms with E-state index in [1.54, 1.807) is 0 Å². The molecule has 0 aromatic rings. The van der Waals surface area contributed by atoms with E-state index in [9.17, 15) is 0 Å². The van der Waals surface area contributed by atoms with Crippen molar-refractivity contribution in [3.63, 3.8) is 0 Å². The molecule has 0 aliphatic carbocycles. The molecular formula is C12H25N. The summed E-state index contributed by atoms with van der Waals surface area (Å²) in [5.74, 6) is 0. The monoisotopic (exact) mass is 183 g/mol. The maximum atomic E-state index is 3.80. The molecule has 1 unspecified atom stereocenters. The third-order valence-corrected chi connectivity index (χ3v) is 1.99. The molecule has 1 atom stereocenters. The van der Waals surface area contributed by atoms with Crippen LogP contribution in [0, 0.1) is 5.41 Å². The van der Waals surface area contributed by atoms with E-state index in [1.807, 2.05) is 6.08 Å². The summed E-state index contributed by atoms with van der Waals surface area (Å²) in [5.41, 5.74) is 0.411. The second kappa shape index (κ2) is 6.20. The van der Waals surface area contributed by atoms with Crippen molar-refractivity contribution < 1.29 is 0 Å². The van der Waals surface area contributed by atoms with Crippen LogP contribution in [0.2, 0.25) is 0 Å². The molecule has 0 saturated heterocycles. The fraction of sp³-hybridized carbons (Fsp3) is 0.833. The number of hydrogen-bond donors (Lipinski definition) is 1. The molecule has 0 bridgehead atoms. The van der Waals surface area contributed by atoms with Crippen molar-refractivity contribution in [1.29, 1.82) is 0 Å². The standard InChI is InChI=1S/C12H25N/c1-6-8-11(13-9-7-2)10-12(3,4)5/h6,11,13H,1,7-10H2,2-5H3. The molecule has 0 fully saturated rings. The van der Waals surface area contributed by atoms with E-state index < -0.39 is 0 Å². The van der Waals surface area contributed by atoms with E-state index in [2.05, 4.69) is 39.6 Å². The molecule has 13 heavy (non-hydrogen) atoms. The van der Waals surface area contributed by atoms with Crippen molar-refractivity contribution >= 4 is 0 Å². The molecule has 0 aliphatic heterocycles. The molecule has 0 aromatic carbocycles. The van der Waals surface area contributed by atoms with Gasteiger partial charge in [-0.25, -0.2) is 0 Å². The molecule has 0 saturated carbocycles. The Morgan fingerprint density at radius 2 is 2.00 bits per heavy atom. The molecule has 0 heterocycles. The minimum atomic E-state index is 0.411. The predicted molar refractivity (Wildman–Crippen MR) is 61.0 cm³/mol. The third kappa shape index (κ3) is 8.04. The fourth-order valence-corrected chi connectivity index (χ4v) is 1.53. The van der Waals surface area contributed by atoms with E-state index in [-0.39, 0.29) is 0 Å². The van der Waals surface area contributed by atoms with Gasteiger partial charge in [0.2, 0.25) is 0 Å². The lowest BCUT2D eigenvalue weighted by Crippen LogP contribution is -2.33. The second-order valence-corrected chi connectivity index (χ2v) is 4.94. The average Bonchev–Trinajstić information content (AvgIpc) is 1.98. The normalized spacial score (nSPS) is 14.2. The smallest absolute Gasteiger partial charge is 0.0106 e. The molecule has 1 nitrogen and oxygen atoms in total. The Balaban J connectivity index is 3.86. The van der Waals surface area contributed by atoms with Crippen LogP contribution in [-0.2, 0) is 0 Å².